The molecule has 1 N–H and O–H groups in total. The van der Waals surface area contributed by atoms with Crippen molar-refractivity contribution in [3.63, 3.8) is 0 Å². The number of hydrogen-bond donors (Lipinski definition) is 1. The van der Waals surface area contributed by atoms with Crippen LogP contribution in [0.25, 0.3) is 0 Å². The Morgan fingerprint density at radius 3 is 2.07 bits per heavy atom. The second-order valence-corrected chi connectivity index (χ2v) is 7.36. The van der Waals surface area contributed by atoms with Crippen molar-refractivity contribution < 1.29 is 33.6 Å². The zero-order valence-corrected chi connectivity index (χ0v) is 17.0. The van der Waals surface area contributed by atoms with E-state index in [-0.39, 0.29) is 18.1 Å². The average Bonchev–Trinajstić information content (AvgIpc) is 2.96. The van der Waals surface area contributed by atoms with Crippen molar-refractivity contribution in [2.24, 2.45) is 5.92 Å². The Kier molecular flexibility index (Phi) is 6.26. The van der Waals surface area contributed by atoms with Crippen LogP contribution >= 0.6 is 0 Å². The molecule has 0 spiro atoms. The number of rotatable bonds is 8. The van der Waals surface area contributed by atoms with Crippen LogP contribution in [0.3, 0.4) is 0 Å². The Hall–Kier alpha value is -1.71. The van der Waals surface area contributed by atoms with Gasteiger partial charge in [-0.25, -0.2) is 0 Å². The second kappa shape index (κ2) is 8.34. The van der Waals surface area contributed by atoms with Gasteiger partial charge in [0.2, 0.25) is 5.91 Å². The lowest BCUT2D eigenvalue weighted by Crippen LogP contribution is -2.72. The molecule has 2 heterocycles. The summed E-state index contributed by atoms with van der Waals surface area (Å²) in [4.78, 5) is 14.5. The van der Waals surface area contributed by atoms with E-state index in [1.54, 1.807) is 64.3 Å². The molecular weight excluding hydrogens is 366 g/mol. The third-order valence-corrected chi connectivity index (χ3v) is 5.40. The Morgan fingerprint density at radius 2 is 1.64 bits per heavy atom. The van der Waals surface area contributed by atoms with Gasteiger partial charge in [-0.2, -0.15) is 0 Å². The minimum Gasteiger partial charge on any atom is -0.497 e. The fourth-order valence-electron chi connectivity index (χ4n) is 4.10. The highest BCUT2D eigenvalue weighted by atomic mass is 16.8. The van der Waals surface area contributed by atoms with E-state index in [1.807, 2.05) is 0 Å². The summed E-state index contributed by atoms with van der Waals surface area (Å²) in [6.07, 6.45) is -1.51. The molecule has 1 aromatic rings. The third-order valence-electron chi connectivity index (χ3n) is 5.40. The minimum absolute atomic E-state index is 0.169. The van der Waals surface area contributed by atoms with Crippen LogP contribution in [0, 0.1) is 5.92 Å². The summed E-state index contributed by atoms with van der Waals surface area (Å²) in [5.41, 5.74) is 0.694. The molecule has 2 saturated heterocycles. The van der Waals surface area contributed by atoms with Crippen LogP contribution in [0.5, 0.6) is 5.75 Å². The summed E-state index contributed by atoms with van der Waals surface area (Å²) in [5, 5.41) is 10.2. The first-order valence-electron chi connectivity index (χ1n) is 9.35. The van der Waals surface area contributed by atoms with E-state index >= 15 is 0 Å². The molecule has 28 heavy (non-hydrogen) atoms. The average molecular weight is 395 g/mol. The number of hydrogen-bond acceptors (Lipinski definition) is 7. The molecule has 5 atom stereocenters. The Balaban J connectivity index is 1.91. The van der Waals surface area contributed by atoms with Gasteiger partial charge in [0.05, 0.1) is 32.3 Å². The molecule has 1 amide bonds. The van der Waals surface area contributed by atoms with Gasteiger partial charge in [-0.15, -0.1) is 0 Å². The summed E-state index contributed by atoms with van der Waals surface area (Å²) in [7, 11) is 4.78. The van der Waals surface area contributed by atoms with E-state index in [1.165, 1.54) is 0 Å². The van der Waals surface area contributed by atoms with Gasteiger partial charge < -0.3 is 33.7 Å². The predicted octanol–water partition coefficient (Wildman–Crippen LogP) is 1.20. The van der Waals surface area contributed by atoms with Gasteiger partial charge >= 0.3 is 0 Å². The lowest BCUT2D eigenvalue weighted by molar-refractivity contribution is -0.210. The Morgan fingerprint density at radius 1 is 1.11 bits per heavy atom. The number of aliphatic hydroxyl groups excluding tert-OH is 1. The molecular formula is C20H29NO7. The molecule has 1 aromatic carbocycles. The first kappa shape index (κ1) is 21.0. The second-order valence-electron chi connectivity index (χ2n) is 7.36. The molecule has 2 aliphatic rings. The SMILES string of the molecule is COC[C@@H]1OC(C)(C2C([C@@H](C)O)C(=O)N2c2ccc(OC)cc2)O[C@H]1COC. The summed E-state index contributed by atoms with van der Waals surface area (Å²) in [5.74, 6) is -1.21. The van der Waals surface area contributed by atoms with Gasteiger partial charge in [-0.1, -0.05) is 0 Å². The van der Waals surface area contributed by atoms with E-state index in [2.05, 4.69) is 0 Å². The van der Waals surface area contributed by atoms with Gasteiger partial charge in [0.25, 0.3) is 0 Å². The fraction of sp³-hybridized carbons (Fsp3) is 0.650. The molecule has 2 unspecified atom stereocenters. The van der Waals surface area contributed by atoms with E-state index in [0.29, 0.717) is 24.7 Å². The lowest BCUT2D eigenvalue weighted by atomic mass is 9.78. The number of ether oxygens (including phenoxy) is 5. The number of benzene rings is 1. The summed E-state index contributed by atoms with van der Waals surface area (Å²) in [6.45, 7) is 4.09. The molecule has 8 nitrogen and oxygen atoms in total. The van der Waals surface area contributed by atoms with Crippen molar-refractivity contribution in [2.45, 2.75) is 44.0 Å². The topological polar surface area (TPSA) is 86.7 Å². The van der Waals surface area contributed by atoms with Crippen LogP contribution in [0.4, 0.5) is 5.69 Å². The smallest absolute Gasteiger partial charge is 0.235 e. The van der Waals surface area contributed by atoms with E-state index < -0.39 is 23.9 Å². The molecule has 0 saturated carbocycles. The first-order chi connectivity index (χ1) is 13.4. The maximum Gasteiger partial charge on any atom is 0.235 e. The number of β-lactam (4-membered cyclic amide) rings is 1. The number of carbonyl (C=O) groups excluding carboxylic acids is 1. The third kappa shape index (κ3) is 3.62. The van der Waals surface area contributed by atoms with Gasteiger partial charge in [-0.3, -0.25) is 4.79 Å². The molecule has 156 valence electrons. The highest BCUT2D eigenvalue weighted by Crippen LogP contribution is 2.46. The van der Waals surface area contributed by atoms with Crippen LogP contribution in [0.15, 0.2) is 24.3 Å². The summed E-state index contributed by atoms with van der Waals surface area (Å²) in [6, 6.07) is 6.69. The summed E-state index contributed by atoms with van der Waals surface area (Å²) < 4.78 is 28.2. The van der Waals surface area contributed by atoms with Crippen LogP contribution in [-0.2, 0) is 23.7 Å². The molecule has 2 aliphatic heterocycles. The Labute approximate surface area is 165 Å². The number of anilines is 1. The van der Waals surface area contributed by atoms with E-state index in [9.17, 15) is 9.90 Å². The van der Waals surface area contributed by atoms with Gasteiger partial charge in [0, 0.05) is 19.9 Å². The van der Waals surface area contributed by atoms with Crippen molar-refractivity contribution >= 4 is 11.6 Å². The predicted molar refractivity (Wildman–Crippen MR) is 101 cm³/mol. The minimum atomic E-state index is -1.11. The normalized spacial score (nSPS) is 30.2. The summed E-state index contributed by atoms with van der Waals surface area (Å²) >= 11 is 0. The van der Waals surface area contributed by atoms with Crippen LogP contribution in [0.1, 0.15) is 13.8 Å². The zero-order valence-electron chi connectivity index (χ0n) is 17.0. The molecule has 0 bridgehead atoms. The maximum atomic E-state index is 12.9. The quantitative estimate of drug-likeness (QED) is 0.662. The standard InChI is InChI=1S/C20H29NO7/c1-12(22)17-18(20(2)27-15(10-24-3)16(28-20)11-25-4)21(19(17)23)13-6-8-14(26-5)9-7-13/h6-9,12,15-18,22H,10-11H2,1-5H3/t12-,15+,16+,17?,18?/m1/s1. The van der Waals surface area contributed by atoms with Crippen molar-refractivity contribution in [3.8, 4) is 5.75 Å². The number of amides is 1. The maximum absolute atomic E-state index is 12.9. The van der Waals surface area contributed by atoms with E-state index in [4.69, 9.17) is 23.7 Å². The number of nitrogens with zero attached hydrogens (tertiary/aromatic N) is 1. The molecule has 2 fully saturated rings. The van der Waals surface area contributed by atoms with Crippen molar-refractivity contribution in [2.75, 3.05) is 39.4 Å². The first-order valence-corrected chi connectivity index (χ1v) is 9.35. The number of methoxy groups -OCH3 is 3. The van der Waals surface area contributed by atoms with Crippen LogP contribution in [0.2, 0.25) is 0 Å². The molecule has 0 aliphatic carbocycles. The fourth-order valence-corrected chi connectivity index (χ4v) is 4.10. The molecule has 8 heteroatoms. The monoisotopic (exact) mass is 395 g/mol. The number of aliphatic hydroxyl groups is 1. The van der Waals surface area contributed by atoms with Crippen molar-refractivity contribution in [3.05, 3.63) is 24.3 Å². The molecule has 0 aromatic heterocycles. The Bertz CT molecular complexity index is 664. The van der Waals surface area contributed by atoms with Gasteiger partial charge in [0.15, 0.2) is 5.79 Å². The highest BCUT2D eigenvalue weighted by Gasteiger charge is 2.63. The van der Waals surface area contributed by atoms with Crippen molar-refractivity contribution in [1.82, 2.24) is 0 Å². The van der Waals surface area contributed by atoms with Crippen molar-refractivity contribution in [1.29, 1.82) is 0 Å². The van der Waals surface area contributed by atoms with Crippen LogP contribution < -0.4 is 9.64 Å². The highest BCUT2D eigenvalue weighted by molar-refractivity contribution is 6.03. The lowest BCUT2D eigenvalue weighted by Gasteiger charge is -2.53. The molecule has 3 rings (SSSR count). The number of carbonyl (C=O) groups is 1. The zero-order chi connectivity index (χ0) is 20.5. The van der Waals surface area contributed by atoms with E-state index in [0.717, 1.165) is 0 Å². The molecule has 0 radical (unpaired) electrons. The van der Waals surface area contributed by atoms with Crippen LogP contribution in [-0.4, -0.2) is 75.7 Å². The van der Waals surface area contributed by atoms with Gasteiger partial charge in [0.1, 0.15) is 24.0 Å². The van der Waals surface area contributed by atoms with Gasteiger partial charge in [-0.05, 0) is 38.1 Å². The largest absolute Gasteiger partial charge is 0.497 e.